The van der Waals surface area contributed by atoms with Gasteiger partial charge in [0.2, 0.25) is 0 Å². The van der Waals surface area contributed by atoms with E-state index in [1.54, 1.807) is 0 Å². The van der Waals surface area contributed by atoms with E-state index in [2.05, 4.69) is 265 Å². The summed E-state index contributed by atoms with van der Waals surface area (Å²) >= 11 is 0. The Balaban J connectivity index is 1.28. The van der Waals surface area contributed by atoms with Crippen molar-refractivity contribution < 1.29 is 0 Å². The highest BCUT2D eigenvalue weighted by Crippen LogP contribution is 2.78. The van der Waals surface area contributed by atoms with E-state index in [9.17, 15) is 0 Å². The largest absolute Gasteiger partial charge is 0.310 e. The lowest BCUT2D eigenvalue weighted by Crippen LogP contribution is -2.12. The van der Waals surface area contributed by atoms with E-state index in [1.165, 1.54) is 52.6 Å². The van der Waals surface area contributed by atoms with Gasteiger partial charge in [0.1, 0.15) is 0 Å². The zero-order valence-corrected chi connectivity index (χ0v) is 34.4. The van der Waals surface area contributed by atoms with Gasteiger partial charge in [-0.2, -0.15) is 0 Å². The van der Waals surface area contributed by atoms with Crippen molar-refractivity contribution in [1.29, 1.82) is 0 Å². The average Bonchev–Trinajstić information content (AvgIpc) is 3.43. The normalized spacial score (nSPS) is 12.9. The molecule has 11 rings (SSSR count). The first-order valence-corrected chi connectivity index (χ1v) is 22.5. The molecule has 61 heavy (non-hydrogen) atoms. The van der Waals surface area contributed by atoms with E-state index >= 15 is 0 Å². The maximum Gasteiger partial charge on any atom is 0.0468 e. The maximum absolute atomic E-state index is 2.46. The number of para-hydroxylation sites is 4. The Hall–Kier alpha value is -7.59. The summed E-state index contributed by atoms with van der Waals surface area (Å²) in [7, 11) is -2.12. The number of anilines is 6. The fourth-order valence-electron chi connectivity index (χ4n) is 9.17. The molecule has 1 aliphatic rings. The highest BCUT2D eigenvalue weighted by atomic mass is 32.3. The van der Waals surface area contributed by atoms with Crippen molar-refractivity contribution >= 4 is 54.9 Å². The lowest BCUT2D eigenvalue weighted by atomic mass is 9.91. The van der Waals surface area contributed by atoms with E-state index in [4.69, 9.17) is 0 Å². The monoisotopic (exact) mass is 798 g/mol. The molecule has 0 unspecified atom stereocenters. The minimum Gasteiger partial charge on any atom is -0.310 e. The average molecular weight is 799 g/mol. The third-order valence-electron chi connectivity index (χ3n) is 11.8. The van der Waals surface area contributed by atoms with Crippen molar-refractivity contribution in [3.8, 4) is 22.3 Å². The van der Waals surface area contributed by atoms with Crippen LogP contribution in [0.4, 0.5) is 34.1 Å². The van der Waals surface area contributed by atoms with Crippen molar-refractivity contribution in [3.05, 3.63) is 255 Å². The first-order valence-electron chi connectivity index (χ1n) is 20.8. The Morgan fingerprint density at radius 2 is 0.525 bits per heavy atom. The molecule has 0 spiro atoms. The predicted octanol–water partition coefficient (Wildman–Crippen LogP) is 16.8. The molecule has 2 nitrogen and oxygen atoms in total. The van der Waals surface area contributed by atoms with E-state index in [1.807, 2.05) is 0 Å². The first-order chi connectivity index (χ1) is 30.3. The van der Waals surface area contributed by atoms with Gasteiger partial charge in [-0.3, -0.25) is 0 Å². The van der Waals surface area contributed by atoms with Crippen molar-refractivity contribution in [2.45, 2.75) is 19.6 Å². The second kappa shape index (κ2) is 15.5. The third kappa shape index (κ3) is 6.30. The van der Waals surface area contributed by atoms with Crippen LogP contribution in [0.2, 0.25) is 0 Å². The van der Waals surface area contributed by atoms with Gasteiger partial charge < -0.3 is 9.80 Å². The number of benzene rings is 10. The molecule has 0 aliphatic carbocycles. The predicted molar refractivity (Wildman–Crippen MR) is 258 cm³/mol. The molecule has 1 aliphatic heterocycles. The first kappa shape index (κ1) is 36.5. The van der Waals surface area contributed by atoms with E-state index in [0.717, 1.165) is 34.1 Å². The minimum absolute atomic E-state index is 1.11. The molecular weight excluding hydrogens is 757 g/mol. The van der Waals surface area contributed by atoms with Crippen LogP contribution in [0.1, 0.15) is 0 Å². The molecule has 0 atom stereocenters. The molecule has 0 radical (unpaired) electrons. The Kier molecular flexibility index (Phi) is 9.30. The molecule has 290 valence electrons. The van der Waals surface area contributed by atoms with Gasteiger partial charge in [0, 0.05) is 53.7 Å². The molecule has 10 aromatic rings. The SMILES string of the molecule is c1ccc(N(c2ccccc2)c2ccc3c(c2)-c2cc4ccccc4cc2-c2cc(N(c4ccccc4)c4ccccc4)ccc2S3(c2ccccc2)c2ccccc2)cc1. The fraction of sp³-hybridized carbons (Fsp3) is 0. The van der Waals surface area contributed by atoms with Crippen LogP contribution in [0.5, 0.6) is 0 Å². The van der Waals surface area contributed by atoms with Crippen LogP contribution in [-0.4, -0.2) is 0 Å². The maximum atomic E-state index is 2.46. The van der Waals surface area contributed by atoms with Gasteiger partial charge in [-0.05, 0) is 154 Å². The van der Waals surface area contributed by atoms with Gasteiger partial charge in [0.15, 0.2) is 0 Å². The van der Waals surface area contributed by atoms with Crippen LogP contribution in [0.3, 0.4) is 0 Å². The molecule has 0 N–H and O–H groups in total. The highest BCUT2D eigenvalue weighted by molar-refractivity contribution is 8.34. The molecule has 0 amide bonds. The Morgan fingerprint density at radius 1 is 0.230 bits per heavy atom. The quantitative estimate of drug-likeness (QED) is 0.151. The summed E-state index contributed by atoms with van der Waals surface area (Å²) < 4.78 is 0. The summed E-state index contributed by atoms with van der Waals surface area (Å²) in [5.41, 5.74) is 11.6. The second-order valence-corrected chi connectivity index (χ2v) is 18.4. The Morgan fingerprint density at radius 3 is 0.852 bits per heavy atom. The van der Waals surface area contributed by atoms with Crippen LogP contribution in [0.25, 0.3) is 33.0 Å². The van der Waals surface area contributed by atoms with Gasteiger partial charge in [0.05, 0.1) is 0 Å². The lowest BCUT2D eigenvalue weighted by Gasteiger charge is -2.43. The topological polar surface area (TPSA) is 6.48 Å². The van der Waals surface area contributed by atoms with Crippen LogP contribution < -0.4 is 9.80 Å². The molecule has 3 heteroatoms. The molecule has 0 aromatic heterocycles. The lowest BCUT2D eigenvalue weighted by molar-refractivity contribution is 1.23. The van der Waals surface area contributed by atoms with E-state index in [0.29, 0.717) is 0 Å². The fourth-order valence-corrected chi connectivity index (χ4v) is 13.4. The zero-order valence-electron chi connectivity index (χ0n) is 33.6. The zero-order chi connectivity index (χ0) is 40.6. The number of hydrogen-bond donors (Lipinski definition) is 0. The van der Waals surface area contributed by atoms with Gasteiger partial charge in [-0.15, -0.1) is 10.0 Å². The Labute approximate surface area is 359 Å². The third-order valence-corrected chi connectivity index (χ3v) is 15.8. The van der Waals surface area contributed by atoms with Crippen molar-refractivity contribution in [1.82, 2.24) is 0 Å². The molecule has 10 aromatic carbocycles. The number of rotatable bonds is 8. The summed E-state index contributed by atoms with van der Waals surface area (Å²) in [6.07, 6.45) is 0. The van der Waals surface area contributed by atoms with Gasteiger partial charge in [-0.25, -0.2) is 0 Å². The molecule has 0 fully saturated rings. The standard InChI is InChI=1S/C58H42N2S/c1-7-23-45(24-8-1)59(46-25-9-2-10-26-46)49-35-37-57-55(41-49)53-39-43-21-19-20-22-44(43)40-54(53)56-42-50(60(47-27-11-3-12-28-47)48-29-13-4-14-30-48)36-38-58(56)61(57,51-31-15-5-16-32-51)52-33-17-6-18-34-52/h1-42H. The van der Waals surface area contributed by atoms with Gasteiger partial charge in [0.25, 0.3) is 0 Å². The summed E-state index contributed by atoms with van der Waals surface area (Å²) in [5.74, 6) is 0. The van der Waals surface area contributed by atoms with Gasteiger partial charge in [-0.1, -0.05) is 133 Å². The summed E-state index contributed by atoms with van der Waals surface area (Å²) in [5, 5.41) is 2.44. The van der Waals surface area contributed by atoms with Gasteiger partial charge >= 0.3 is 0 Å². The molecule has 1 heterocycles. The molecule has 0 saturated carbocycles. The number of hydrogen-bond acceptors (Lipinski definition) is 2. The second-order valence-electron chi connectivity index (χ2n) is 15.4. The van der Waals surface area contributed by atoms with Crippen LogP contribution >= 0.6 is 10.0 Å². The molecule has 0 bridgehead atoms. The minimum atomic E-state index is -2.12. The Bertz CT molecular complexity index is 2830. The smallest absolute Gasteiger partial charge is 0.0468 e. The summed E-state index contributed by atoms with van der Waals surface area (Å²) in [4.78, 5) is 10.0. The van der Waals surface area contributed by atoms with Crippen LogP contribution in [-0.2, 0) is 0 Å². The summed E-state index contributed by atoms with van der Waals surface area (Å²) in [6.45, 7) is 0. The van der Waals surface area contributed by atoms with Crippen LogP contribution in [0.15, 0.2) is 274 Å². The van der Waals surface area contributed by atoms with Crippen molar-refractivity contribution in [2.75, 3.05) is 9.80 Å². The molecular formula is C58H42N2S. The van der Waals surface area contributed by atoms with Crippen molar-refractivity contribution in [2.24, 2.45) is 0 Å². The number of fused-ring (bicyclic) bond motifs is 6. The molecule has 0 saturated heterocycles. The van der Waals surface area contributed by atoms with Crippen molar-refractivity contribution in [3.63, 3.8) is 0 Å². The number of nitrogens with zero attached hydrogens (tertiary/aromatic N) is 2. The summed E-state index contributed by atoms with van der Waals surface area (Å²) in [6, 6.07) is 93.7. The van der Waals surface area contributed by atoms with E-state index in [-0.39, 0.29) is 0 Å². The highest BCUT2D eigenvalue weighted by Gasteiger charge is 2.40. The van der Waals surface area contributed by atoms with E-state index < -0.39 is 10.0 Å². The van der Waals surface area contributed by atoms with Crippen LogP contribution in [0, 0.1) is 0 Å².